The molecule has 2 heteroatoms. The topological polar surface area (TPSA) is 34.1 Å². The second kappa shape index (κ2) is 4.47. The van der Waals surface area contributed by atoms with Crippen LogP contribution in [-0.4, -0.2) is 11.6 Å². The van der Waals surface area contributed by atoms with Crippen LogP contribution in [0.1, 0.15) is 69.2 Å². The van der Waals surface area contributed by atoms with Gasteiger partial charge in [0.15, 0.2) is 0 Å². The molecule has 0 atom stereocenters. The van der Waals surface area contributed by atoms with Crippen molar-refractivity contribution < 1.29 is 9.59 Å². The first-order valence-electron chi connectivity index (χ1n) is 6.66. The summed E-state index contributed by atoms with van der Waals surface area (Å²) in [5.41, 5.74) is -1.75. The van der Waals surface area contributed by atoms with Crippen LogP contribution in [0.5, 0.6) is 0 Å². The van der Waals surface area contributed by atoms with Gasteiger partial charge in [0.25, 0.3) is 0 Å². The smallest absolute Gasteiger partial charge is 0.205 e. The fourth-order valence-electron chi connectivity index (χ4n) is 1.25. The van der Waals surface area contributed by atoms with Gasteiger partial charge in [0.1, 0.15) is 0 Å². The number of rotatable bonds is 3. The highest BCUT2D eigenvalue weighted by molar-refractivity contribution is 6.41. The minimum Gasteiger partial charge on any atom is -0.290 e. The van der Waals surface area contributed by atoms with Crippen molar-refractivity contribution in [2.75, 3.05) is 0 Å². The molecule has 0 spiro atoms. The maximum absolute atomic E-state index is 12.6. The van der Waals surface area contributed by atoms with Crippen molar-refractivity contribution >= 4 is 11.6 Å². The molecule has 0 aliphatic carbocycles. The molecule has 2 nitrogen and oxygen atoms in total. The zero-order chi connectivity index (χ0) is 15.2. The van der Waals surface area contributed by atoms with Crippen LogP contribution in [0.2, 0.25) is 0 Å². The van der Waals surface area contributed by atoms with Crippen LogP contribution in [0.4, 0.5) is 0 Å². The Kier molecular flexibility index (Phi) is 4.30. The van der Waals surface area contributed by atoms with Gasteiger partial charge in [0.05, 0.1) is 0 Å². The van der Waals surface area contributed by atoms with Gasteiger partial charge in [-0.05, 0) is 10.8 Å². The number of carbonyl (C=O) groups excluding carboxylic acids is 2. The molecule has 0 aromatic rings. The third kappa shape index (κ3) is 2.84. The molecule has 0 saturated carbocycles. The van der Waals surface area contributed by atoms with E-state index in [2.05, 4.69) is 0 Å². The second-order valence-electron chi connectivity index (χ2n) is 8.41. The van der Waals surface area contributed by atoms with E-state index in [0.717, 1.165) is 0 Å². The van der Waals surface area contributed by atoms with Gasteiger partial charge in [0.2, 0.25) is 11.6 Å². The third-order valence-corrected chi connectivity index (χ3v) is 5.09. The average Bonchev–Trinajstić information content (AvgIpc) is 2.11. The molecule has 0 radical (unpaired) electrons. The molecule has 106 valence electrons. The van der Waals surface area contributed by atoms with E-state index in [0.29, 0.717) is 0 Å². The molecule has 0 fully saturated rings. The van der Waals surface area contributed by atoms with Gasteiger partial charge in [-0.15, -0.1) is 0 Å². The van der Waals surface area contributed by atoms with E-state index in [1.54, 1.807) is 0 Å². The van der Waals surface area contributed by atoms with Crippen molar-refractivity contribution in [2.45, 2.75) is 69.2 Å². The average molecular weight is 254 g/mol. The van der Waals surface area contributed by atoms with Crippen molar-refractivity contribution in [1.82, 2.24) is 0 Å². The van der Waals surface area contributed by atoms with Crippen LogP contribution in [0.3, 0.4) is 0 Å². The first kappa shape index (κ1) is 17.3. The monoisotopic (exact) mass is 254 g/mol. The Labute approximate surface area is 113 Å². The molecular weight excluding hydrogens is 224 g/mol. The molecule has 0 rings (SSSR count). The Morgan fingerprint density at radius 2 is 0.667 bits per heavy atom. The van der Waals surface area contributed by atoms with Crippen molar-refractivity contribution in [3.05, 3.63) is 0 Å². The number of ketones is 2. The highest BCUT2D eigenvalue weighted by atomic mass is 16.2. The van der Waals surface area contributed by atoms with Gasteiger partial charge in [-0.2, -0.15) is 0 Å². The van der Waals surface area contributed by atoms with E-state index < -0.39 is 10.8 Å². The van der Waals surface area contributed by atoms with Crippen LogP contribution in [0.15, 0.2) is 0 Å². The zero-order valence-corrected chi connectivity index (χ0v) is 13.8. The first-order chi connectivity index (χ1) is 7.57. The molecule has 0 aromatic carbocycles. The van der Waals surface area contributed by atoms with Crippen LogP contribution < -0.4 is 0 Å². The lowest BCUT2D eigenvalue weighted by molar-refractivity contribution is -0.153. The van der Waals surface area contributed by atoms with Crippen LogP contribution in [-0.2, 0) is 9.59 Å². The summed E-state index contributed by atoms with van der Waals surface area (Å²) in [5.74, 6) is -0.509. The molecule has 0 N–H and O–H groups in total. The third-order valence-electron chi connectivity index (χ3n) is 5.09. The molecule has 0 heterocycles. The fourth-order valence-corrected chi connectivity index (χ4v) is 1.25. The lowest BCUT2D eigenvalue weighted by Crippen LogP contribution is -2.49. The number of carbonyl (C=O) groups is 2. The van der Waals surface area contributed by atoms with Gasteiger partial charge in [0, 0.05) is 10.8 Å². The Bertz CT molecular complexity index is 310. The van der Waals surface area contributed by atoms with E-state index in [1.807, 2.05) is 69.2 Å². The summed E-state index contributed by atoms with van der Waals surface area (Å²) in [7, 11) is 0. The Morgan fingerprint density at radius 3 is 0.778 bits per heavy atom. The zero-order valence-electron chi connectivity index (χ0n) is 13.8. The largest absolute Gasteiger partial charge is 0.290 e. The summed E-state index contributed by atoms with van der Waals surface area (Å²) >= 11 is 0. The van der Waals surface area contributed by atoms with Crippen LogP contribution in [0.25, 0.3) is 0 Å². The lowest BCUT2D eigenvalue weighted by Gasteiger charge is -2.42. The van der Waals surface area contributed by atoms with Gasteiger partial charge in [-0.25, -0.2) is 0 Å². The Balaban J connectivity index is 5.47. The molecule has 0 unspecified atom stereocenters. The minimum absolute atomic E-state index is 0.228. The van der Waals surface area contributed by atoms with Crippen molar-refractivity contribution in [3.63, 3.8) is 0 Å². The van der Waals surface area contributed by atoms with E-state index in [9.17, 15) is 9.59 Å². The van der Waals surface area contributed by atoms with E-state index in [4.69, 9.17) is 0 Å². The Morgan fingerprint density at radius 1 is 0.500 bits per heavy atom. The predicted octanol–water partition coefficient (Wildman–Crippen LogP) is 4.27. The summed E-state index contributed by atoms with van der Waals surface area (Å²) < 4.78 is 0. The summed E-state index contributed by atoms with van der Waals surface area (Å²) in [5, 5.41) is 0. The highest BCUT2D eigenvalue weighted by Gasteiger charge is 2.50. The fraction of sp³-hybridized carbons (Fsp3) is 0.875. The molecule has 0 saturated heterocycles. The quantitative estimate of drug-likeness (QED) is 0.705. The van der Waals surface area contributed by atoms with Crippen molar-refractivity contribution in [2.24, 2.45) is 21.7 Å². The summed E-state index contributed by atoms with van der Waals surface area (Å²) in [6, 6.07) is 0. The number of Topliss-reactive ketones (excluding diaryl/α,β-unsaturated/α-hetero) is 2. The van der Waals surface area contributed by atoms with Crippen molar-refractivity contribution in [1.29, 1.82) is 0 Å². The van der Waals surface area contributed by atoms with Crippen molar-refractivity contribution in [3.8, 4) is 0 Å². The second-order valence-corrected chi connectivity index (χ2v) is 8.41. The summed E-state index contributed by atoms with van der Waals surface area (Å²) in [4.78, 5) is 25.1. The molecular formula is C16H30O2. The maximum atomic E-state index is 12.6. The lowest BCUT2D eigenvalue weighted by atomic mass is 9.59. The van der Waals surface area contributed by atoms with Gasteiger partial charge in [-0.3, -0.25) is 9.59 Å². The molecule has 0 bridgehead atoms. The van der Waals surface area contributed by atoms with E-state index in [1.165, 1.54) is 0 Å². The number of hydrogen-bond donors (Lipinski definition) is 0. The standard InChI is InChI=1S/C16H30O2/c1-13(2,3)15(7,8)11(17)12(18)16(9,10)14(4,5)6/h1-10H3. The summed E-state index contributed by atoms with van der Waals surface area (Å²) in [6.45, 7) is 19.5. The maximum Gasteiger partial charge on any atom is 0.205 e. The molecule has 0 aliphatic heterocycles. The van der Waals surface area contributed by atoms with Gasteiger partial charge >= 0.3 is 0 Å². The van der Waals surface area contributed by atoms with Crippen LogP contribution in [0, 0.1) is 21.7 Å². The van der Waals surface area contributed by atoms with E-state index >= 15 is 0 Å². The van der Waals surface area contributed by atoms with E-state index in [-0.39, 0.29) is 22.4 Å². The minimum atomic E-state index is -0.646. The first-order valence-corrected chi connectivity index (χ1v) is 6.66. The molecule has 18 heavy (non-hydrogen) atoms. The molecule has 0 aromatic heterocycles. The van der Waals surface area contributed by atoms with Crippen LogP contribution >= 0.6 is 0 Å². The number of hydrogen-bond acceptors (Lipinski definition) is 2. The molecule has 0 amide bonds. The molecule has 0 aliphatic rings. The predicted molar refractivity (Wildman–Crippen MR) is 76.5 cm³/mol. The van der Waals surface area contributed by atoms with Gasteiger partial charge < -0.3 is 0 Å². The van der Waals surface area contributed by atoms with Gasteiger partial charge in [-0.1, -0.05) is 69.2 Å². The Hall–Kier alpha value is -0.660. The summed E-state index contributed by atoms with van der Waals surface area (Å²) in [6.07, 6.45) is 0. The normalized spacial score (nSPS) is 14.6. The highest BCUT2D eigenvalue weighted by Crippen LogP contribution is 2.44. The SMILES string of the molecule is CC(C)(C)C(C)(C)C(=O)C(=O)C(C)(C)C(C)(C)C.